The normalized spacial score (nSPS) is 11.7. The standard InChI is InChI=1S/C23H31NO3/c1-5-22(27-21-12-9-17(3)18(4)16-21)23(25)24-15-7-8-19-10-13-20(14-11-19)26-6-2/h9-14,16,22H,5-8,15H2,1-4H3,(H,24,25)/t22-/m0/s1. The summed E-state index contributed by atoms with van der Waals surface area (Å²) in [4.78, 5) is 12.4. The molecule has 0 bridgehead atoms. The van der Waals surface area contributed by atoms with Crippen LogP contribution in [0.4, 0.5) is 0 Å². The van der Waals surface area contributed by atoms with E-state index in [0.29, 0.717) is 19.6 Å². The Morgan fingerprint density at radius 2 is 1.70 bits per heavy atom. The molecule has 146 valence electrons. The first kappa shape index (κ1) is 20.8. The molecule has 0 aliphatic rings. The Morgan fingerprint density at radius 3 is 2.33 bits per heavy atom. The van der Waals surface area contributed by atoms with Gasteiger partial charge in [-0.25, -0.2) is 0 Å². The summed E-state index contributed by atoms with van der Waals surface area (Å²) < 4.78 is 11.3. The Bertz CT molecular complexity index is 725. The fourth-order valence-corrected chi connectivity index (χ4v) is 2.81. The van der Waals surface area contributed by atoms with Crippen LogP contribution in [0.1, 0.15) is 43.4 Å². The van der Waals surface area contributed by atoms with Crippen molar-refractivity contribution >= 4 is 5.91 Å². The van der Waals surface area contributed by atoms with Crippen LogP contribution in [-0.2, 0) is 11.2 Å². The van der Waals surface area contributed by atoms with Gasteiger partial charge in [0.2, 0.25) is 0 Å². The molecular formula is C23H31NO3. The first-order valence-corrected chi connectivity index (χ1v) is 9.76. The monoisotopic (exact) mass is 369 g/mol. The maximum absolute atomic E-state index is 12.4. The molecule has 2 aromatic rings. The van der Waals surface area contributed by atoms with Gasteiger partial charge in [0.15, 0.2) is 6.10 Å². The molecule has 0 saturated heterocycles. The molecular weight excluding hydrogens is 338 g/mol. The number of ether oxygens (including phenoxy) is 2. The minimum atomic E-state index is -0.461. The van der Waals surface area contributed by atoms with Crippen LogP contribution in [0.3, 0.4) is 0 Å². The molecule has 0 aliphatic carbocycles. The van der Waals surface area contributed by atoms with Crippen molar-refractivity contribution in [1.29, 1.82) is 0 Å². The maximum atomic E-state index is 12.4. The predicted molar refractivity (Wildman–Crippen MR) is 110 cm³/mol. The van der Waals surface area contributed by atoms with Crippen LogP contribution in [0.2, 0.25) is 0 Å². The Morgan fingerprint density at radius 1 is 1.00 bits per heavy atom. The Labute approximate surface area is 162 Å². The second kappa shape index (κ2) is 10.6. The van der Waals surface area contributed by atoms with Crippen LogP contribution in [0, 0.1) is 13.8 Å². The van der Waals surface area contributed by atoms with Crippen LogP contribution in [0.25, 0.3) is 0 Å². The largest absolute Gasteiger partial charge is 0.494 e. The van der Waals surface area contributed by atoms with Gasteiger partial charge in [0.1, 0.15) is 11.5 Å². The van der Waals surface area contributed by atoms with Gasteiger partial charge in [0, 0.05) is 6.54 Å². The molecule has 2 rings (SSSR count). The van der Waals surface area contributed by atoms with Crippen LogP contribution in [0.5, 0.6) is 11.5 Å². The summed E-state index contributed by atoms with van der Waals surface area (Å²) >= 11 is 0. The quantitative estimate of drug-likeness (QED) is 0.622. The summed E-state index contributed by atoms with van der Waals surface area (Å²) in [6.45, 7) is 9.36. The van der Waals surface area contributed by atoms with E-state index in [9.17, 15) is 4.79 Å². The van der Waals surface area contributed by atoms with E-state index in [0.717, 1.165) is 29.9 Å². The zero-order valence-corrected chi connectivity index (χ0v) is 16.9. The van der Waals surface area contributed by atoms with Gasteiger partial charge in [-0.05, 0) is 81.0 Å². The summed E-state index contributed by atoms with van der Waals surface area (Å²) in [6, 6.07) is 14.0. The molecule has 0 fully saturated rings. The number of hydrogen-bond donors (Lipinski definition) is 1. The third-order valence-corrected chi connectivity index (χ3v) is 4.60. The highest BCUT2D eigenvalue weighted by molar-refractivity contribution is 5.81. The molecule has 1 amide bonds. The highest BCUT2D eigenvalue weighted by atomic mass is 16.5. The second-order valence-electron chi connectivity index (χ2n) is 6.73. The lowest BCUT2D eigenvalue weighted by atomic mass is 10.1. The second-order valence-corrected chi connectivity index (χ2v) is 6.73. The molecule has 1 N–H and O–H groups in total. The van der Waals surface area contributed by atoms with Gasteiger partial charge in [-0.15, -0.1) is 0 Å². The van der Waals surface area contributed by atoms with Crippen LogP contribution >= 0.6 is 0 Å². The van der Waals surface area contributed by atoms with Crippen molar-refractivity contribution in [3.8, 4) is 11.5 Å². The van der Waals surface area contributed by atoms with E-state index in [-0.39, 0.29) is 5.91 Å². The van der Waals surface area contributed by atoms with Crippen molar-refractivity contribution in [3.05, 3.63) is 59.2 Å². The molecule has 0 aliphatic heterocycles. The number of hydrogen-bond acceptors (Lipinski definition) is 3. The lowest BCUT2D eigenvalue weighted by Crippen LogP contribution is -2.38. The summed E-state index contributed by atoms with van der Waals surface area (Å²) in [5.41, 5.74) is 3.62. The third-order valence-electron chi connectivity index (χ3n) is 4.60. The first-order chi connectivity index (χ1) is 13.0. The van der Waals surface area contributed by atoms with Gasteiger partial charge in [-0.1, -0.05) is 25.1 Å². The molecule has 0 spiro atoms. The van der Waals surface area contributed by atoms with E-state index >= 15 is 0 Å². The number of aryl methyl sites for hydroxylation is 3. The molecule has 0 unspecified atom stereocenters. The topological polar surface area (TPSA) is 47.6 Å². The van der Waals surface area contributed by atoms with Crippen LogP contribution in [-0.4, -0.2) is 25.2 Å². The average molecular weight is 370 g/mol. The SMILES string of the molecule is CCOc1ccc(CCCNC(=O)[C@H](CC)Oc2ccc(C)c(C)c2)cc1. The summed E-state index contributed by atoms with van der Waals surface area (Å²) in [7, 11) is 0. The number of benzene rings is 2. The van der Waals surface area contributed by atoms with Crippen molar-refractivity contribution in [2.24, 2.45) is 0 Å². The number of nitrogens with one attached hydrogen (secondary N) is 1. The van der Waals surface area contributed by atoms with E-state index < -0.39 is 6.10 Å². The Hall–Kier alpha value is -2.49. The third kappa shape index (κ3) is 6.63. The van der Waals surface area contributed by atoms with Gasteiger partial charge < -0.3 is 14.8 Å². The Balaban J connectivity index is 1.76. The van der Waals surface area contributed by atoms with Gasteiger partial charge in [0.25, 0.3) is 5.91 Å². The van der Waals surface area contributed by atoms with Gasteiger partial charge >= 0.3 is 0 Å². The number of carbonyl (C=O) groups is 1. The maximum Gasteiger partial charge on any atom is 0.261 e. The molecule has 1 atom stereocenters. The van der Waals surface area contributed by atoms with Gasteiger partial charge in [-0.3, -0.25) is 4.79 Å². The fourth-order valence-electron chi connectivity index (χ4n) is 2.81. The molecule has 2 aromatic carbocycles. The van der Waals surface area contributed by atoms with E-state index in [1.807, 2.05) is 51.1 Å². The van der Waals surface area contributed by atoms with Crippen molar-refractivity contribution in [3.63, 3.8) is 0 Å². The molecule has 0 aromatic heterocycles. The van der Waals surface area contributed by atoms with E-state index in [2.05, 4.69) is 24.4 Å². The van der Waals surface area contributed by atoms with Crippen molar-refractivity contribution in [2.75, 3.05) is 13.2 Å². The van der Waals surface area contributed by atoms with Crippen LogP contribution in [0.15, 0.2) is 42.5 Å². The number of rotatable bonds is 10. The van der Waals surface area contributed by atoms with Crippen molar-refractivity contribution in [2.45, 2.75) is 53.1 Å². The zero-order valence-electron chi connectivity index (χ0n) is 16.9. The molecule has 0 saturated carbocycles. The number of amides is 1. The van der Waals surface area contributed by atoms with Crippen molar-refractivity contribution < 1.29 is 14.3 Å². The fraction of sp³-hybridized carbons (Fsp3) is 0.435. The average Bonchev–Trinajstić information content (AvgIpc) is 2.67. The smallest absolute Gasteiger partial charge is 0.261 e. The zero-order chi connectivity index (χ0) is 19.6. The van der Waals surface area contributed by atoms with Gasteiger partial charge in [-0.2, -0.15) is 0 Å². The molecule has 4 heteroatoms. The summed E-state index contributed by atoms with van der Waals surface area (Å²) in [5, 5.41) is 2.99. The lowest BCUT2D eigenvalue weighted by Gasteiger charge is -2.18. The minimum absolute atomic E-state index is 0.0533. The van der Waals surface area contributed by atoms with Crippen LogP contribution < -0.4 is 14.8 Å². The van der Waals surface area contributed by atoms with E-state index in [4.69, 9.17) is 9.47 Å². The Kier molecular flexibility index (Phi) is 8.18. The molecule has 4 nitrogen and oxygen atoms in total. The summed E-state index contributed by atoms with van der Waals surface area (Å²) in [5.74, 6) is 1.58. The molecule has 0 radical (unpaired) electrons. The molecule has 27 heavy (non-hydrogen) atoms. The van der Waals surface area contributed by atoms with E-state index in [1.165, 1.54) is 11.1 Å². The van der Waals surface area contributed by atoms with Gasteiger partial charge in [0.05, 0.1) is 6.61 Å². The summed E-state index contributed by atoms with van der Waals surface area (Å²) in [6.07, 6.45) is 1.98. The van der Waals surface area contributed by atoms with E-state index in [1.54, 1.807) is 0 Å². The predicted octanol–water partition coefficient (Wildman–Crippen LogP) is 4.61. The molecule has 0 heterocycles. The number of carbonyl (C=O) groups excluding carboxylic acids is 1. The minimum Gasteiger partial charge on any atom is -0.494 e. The highest BCUT2D eigenvalue weighted by Crippen LogP contribution is 2.18. The van der Waals surface area contributed by atoms with Crippen molar-refractivity contribution in [1.82, 2.24) is 5.32 Å². The lowest BCUT2D eigenvalue weighted by molar-refractivity contribution is -0.128. The highest BCUT2D eigenvalue weighted by Gasteiger charge is 2.18. The first-order valence-electron chi connectivity index (χ1n) is 9.76.